The normalized spacial score (nSPS) is 28.9. The first kappa shape index (κ1) is 20.2. The topological polar surface area (TPSA) is 65.0 Å². The van der Waals surface area contributed by atoms with Gasteiger partial charge in [0.05, 0.1) is 14.2 Å². The van der Waals surface area contributed by atoms with Gasteiger partial charge in [0.1, 0.15) is 0 Å². The molecule has 1 N–H and O–H groups in total. The van der Waals surface area contributed by atoms with Crippen molar-refractivity contribution in [2.24, 2.45) is 5.92 Å². The number of methoxy groups -OCH3 is 2. The summed E-state index contributed by atoms with van der Waals surface area (Å²) in [5.74, 6) is -9.00. The maximum Gasteiger partial charge on any atom is 0.417 e. The van der Waals surface area contributed by atoms with Crippen molar-refractivity contribution in [3.05, 3.63) is 23.3 Å². The average molecular weight is 384 g/mol. The number of hydrogen-bond acceptors (Lipinski definition) is 5. The molecule has 1 aliphatic rings. The fourth-order valence-electron chi connectivity index (χ4n) is 3.19. The van der Waals surface area contributed by atoms with E-state index in [-0.39, 0.29) is 5.56 Å². The van der Waals surface area contributed by atoms with Gasteiger partial charge in [-0.3, -0.25) is 0 Å². The van der Waals surface area contributed by atoms with Crippen LogP contribution in [0.5, 0.6) is 11.5 Å². The van der Waals surface area contributed by atoms with Crippen molar-refractivity contribution in [1.82, 2.24) is 0 Å². The number of hydrogen-bond donors (Lipinski definition) is 1. The highest BCUT2D eigenvalue weighted by Crippen LogP contribution is 2.55. The van der Waals surface area contributed by atoms with E-state index in [1.54, 1.807) is 0 Å². The number of halogens is 5. The quantitative estimate of drug-likeness (QED) is 0.640. The molecule has 4 atom stereocenters. The van der Waals surface area contributed by atoms with Crippen LogP contribution in [0, 0.1) is 17.6 Å². The van der Waals surface area contributed by atoms with Crippen LogP contribution in [0.15, 0.2) is 6.07 Å². The zero-order valence-corrected chi connectivity index (χ0v) is 14.3. The van der Waals surface area contributed by atoms with E-state index >= 15 is 0 Å². The molecule has 1 saturated heterocycles. The summed E-state index contributed by atoms with van der Waals surface area (Å²) in [7, 11) is 1.94. The molecule has 0 radical (unpaired) electrons. The summed E-state index contributed by atoms with van der Waals surface area (Å²) in [5, 5.41) is 9.57. The lowest BCUT2D eigenvalue weighted by molar-refractivity contribution is -0.274. The number of alkyl halides is 3. The molecule has 146 valence electrons. The maximum atomic E-state index is 14.1. The number of ether oxygens (including phenoxy) is 3. The average Bonchev–Trinajstić information content (AvgIpc) is 2.84. The van der Waals surface area contributed by atoms with E-state index < -0.39 is 58.8 Å². The summed E-state index contributed by atoms with van der Waals surface area (Å²) in [6, 6.07) is 0.722. The number of benzene rings is 1. The summed E-state index contributed by atoms with van der Waals surface area (Å²) < 4.78 is 82.6. The van der Waals surface area contributed by atoms with E-state index in [2.05, 4.69) is 4.74 Å². The number of carbonyl (C=O) groups excluding carboxylic acids is 1. The number of phenols is 1. The number of aromatic hydroxyl groups is 1. The Bertz CT molecular complexity index is 720. The second kappa shape index (κ2) is 6.57. The van der Waals surface area contributed by atoms with Crippen molar-refractivity contribution in [2.75, 3.05) is 14.2 Å². The molecule has 0 saturated carbocycles. The van der Waals surface area contributed by atoms with Crippen LogP contribution in [0.2, 0.25) is 0 Å². The van der Waals surface area contributed by atoms with Crippen LogP contribution < -0.4 is 4.74 Å². The fraction of sp³-hybridized carbons (Fsp3) is 0.562. The van der Waals surface area contributed by atoms with Crippen LogP contribution in [0.25, 0.3) is 0 Å². The second-order valence-electron chi connectivity index (χ2n) is 6.13. The second-order valence-corrected chi connectivity index (χ2v) is 6.13. The molecular weight excluding hydrogens is 367 g/mol. The van der Waals surface area contributed by atoms with E-state index in [0.717, 1.165) is 34.1 Å². The van der Waals surface area contributed by atoms with Crippen LogP contribution in [0.1, 0.15) is 25.3 Å². The molecule has 10 heteroatoms. The van der Waals surface area contributed by atoms with Gasteiger partial charge >= 0.3 is 12.1 Å². The lowest BCUT2D eigenvalue weighted by atomic mass is 9.77. The minimum atomic E-state index is -4.86. The summed E-state index contributed by atoms with van der Waals surface area (Å²) in [6.07, 6.45) is -6.62. The molecule has 1 aliphatic heterocycles. The van der Waals surface area contributed by atoms with Crippen LogP contribution in [0.4, 0.5) is 22.0 Å². The Balaban J connectivity index is 2.71. The highest BCUT2D eigenvalue weighted by Gasteiger charge is 2.66. The number of carbonyl (C=O) groups is 1. The number of rotatable bonds is 3. The molecule has 0 spiro atoms. The Kier molecular flexibility index (Phi) is 5.10. The van der Waals surface area contributed by atoms with Gasteiger partial charge in [0.15, 0.2) is 23.2 Å². The standard InChI is InChI=1S/C16H17F5O5/c1-6-9(7-5-8(22)10(17)11(18)12(7)24-3)13(14(23)25-4)26-15(6,2)16(19,20)21/h5-6,9,13,22H,1-4H3/t6?,9?,13-,15?/m1/s1. The molecule has 0 aromatic heterocycles. The Morgan fingerprint density at radius 3 is 2.31 bits per heavy atom. The van der Waals surface area contributed by atoms with Gasteiger partial charge in [0.2, 0.25) is 11.6 Å². The van der Waals surface area contributed by atoms with Gasteiger partial charge in [0.25, 0.3) is 0 Å². The molecule has 2 rings (SSSR count). The van der Waals surface area contributed by atoms with E-state index in [1.165, 1.54) is 0 Å². The minimum Gasteiger partial charge on any atom is -0.505 e. The van der Waals surface area contributed by atoms with Crippen molar-refractivity contribution in [3.8, 4) is 11.5 Å². The Morgan fingerprint density at radius 1 is 1.27 bits per heavy atom. The SMILES string of the molecule is COC(=O)[C@@H]1OC(C)(C(F)(F)F)C(C)C1c1cc(O)c(F)c(F)c1OC. The molecule has 5 nitrogen and oxygen atoms in total. The Hall–Kier alpha value is -2.10. The zero-order chi connectivity index (χ0) is 20.0. The lowest BCUT2D eigenvalue weighted by Gasteiger charge is -2.32. The van der Waals surface area contributed by atoms with Crippen LogP contribution in [-0.4, -0.2) is 43.2 Å². The van der Waals surface area contributed by atoms with Gasteiger partial charge in [-0.25, -0.2) is 4.79 Å². The van der Waals surface area contributed by atoms with E-state index in [4.69, 9.17) is 9.47 Å². The predicted molar refractivity (Wildman–Crippen MR) is 77.8 cm³/mol. The van der Waals surface area contributed by atoms with E-state index in [1.807, 2.05) is 0 Å². The molecule has 0 bridgehead atoms. The maximum absolute atomic E-state index is 14.1. The molecular formula is C16H17F5O5. The largest absolute Gasteiger partial charge is 0.505 e. The molecule has 1 fully saturated rings. The first-order chi connectivity index (χ1) is 11.9. The highest BCUT2D eigenvalue weighted by atomic mass is 19.4. The summed E-state index contributed by atoms with van der Waals surface area (Å²) >= 11 is 0. The summed E-state index contributed by atoms with van der Waals surface area (Å²) in [4.78, 5) is 12.0. The van der Waals surface area contributed by atoms with Gasteiger partial charge in [-0.15, -0.1) is 0 Å². The first-order valence-electron chi connectivity index (χ1n) is 7.47. The van der Waals surface area contributed by atoms with Gasteiger partial charge < -0.3 is 19.3 Å². The van der Waals surface area contributed by atoms with Gasteiger partial charge in [-0.05, 0) is 13.0 Å². The van der Waals surface area contributed by atoms with Crippen LogP contribution in [-0.2, 0) is 14.3 Å². The molecule has 0 amide bonds. The Labute approximate surface area is 145 Å². The van der Waals surface area contributed by atoms with E-state index in [9.17, 15) is 31.9 Å². The van der Waals surface area contributed by atoms with Crippen molar-refractivity contribution in [2.45, 2.75) is 37.6 Å². The summed E-state index contributed by atoms with van der Waals surface area (Å²) in [6.45, 7) is 1.90. The first-order valence-corrected chi connectivity index (χ1v) is 7.47. The van der Waals surface area contributed by atoms with E-state index in [0.29, 0.717) is 0 Å². The van der Waals surface area contributed by atoms with Crippen LogP contribution in [0.3, 0.4) is 0 Å². The van der Waals surface area contributed by atoms with Crippen molar-refractivity contribution < 1.29 is 46.1 Å². The summed E-state index contributed by atoms with van der Waals surface area (Å²) in [5.41, 5.74) is -3.10. The highest BCUT2D eigenvalue weighted by molar-refractivity contribution is 5.77. The monoisotopic (exact) mass is 384 g/mol. The molecule has 3 unspecified atom stereocenters. The molecule has 0 aliphatic carbocycles. The van der Waals surface area contributed by atoms with Crippen molar-refractivity contribution in [3.63, 3.8) is 0 Å². The molecule has 1 aromatic carbocycles. The van der Waals surface area contributed by atoms with Gasteiger partial charge in [-0.2, -0.15) is 22.0 Å². The minimum absolute atomic E-state index is 0.334. The molecule has 26 heavy (non-hydrogen) atoms. The lowest BCUT2D eigenvalue weighted by Crippen LogP contribution is -2.47. The third kappa shape index (κ3) is 2.85. The molecule has 1 aromatic rings. The number of esters is 1. The van der Waals surface area contributed by atoms with Crippen molar-refractivity contribution in [1.29, 1.82) is 0 Å². The van der Waals surface area contributed by atoms with Crippen LogP contribution >= 0.6 is 0 Å². The smallest absolute Gasteiger partial charge is 0.417 e. The van der Waals surface area contributed by atoms with Crippen molar-refractivity contribution >= 4 is 5.97 Å². The Morgan fingerprint density at radius 2 is 1.85 bits per heavy atom. The fourth-order valence-corrected chi connectivity index (χ4v) is 3.19. The predicted octanol–water partition coefficient (Wildman–Crippen LogP) is 3.29. The zero-order valence-electron chi connectivity index (χ0n) is 14.3. The third-order valence-electron chi connectivity index (χ3n) is 4.84. The van der Waals surface area contributed by atoms with Gasteiger partial charge in [0, 0.05) is 17.4 Å². The third-order valence-corrected chi connectivity index (χ3v) is 4.84. The van der Waals surface area contributed by atoms with Gasteiger partial charge in [-0.1, -0.05) is 6.92 Å². The number of phenolic OH excluding ortho intramolecular Hbond substituents is 1. The molecule has 1 heterocycles.